The number of rotatable bonds is 6. The predicted molar refractivity (Wildman–Crippen MR) is 113 cm³/mol. The number of hydrogen-bond donors (Lipinski definition) is 1. The van der Waals surface area contributed by atoms with Crippen LogP contribution < -0.4 is 10.2 Å². The molecular formula is C23H25N3O2. The minimum absolute atomic E-state index is 0.260. The van der Waals surface area contributed by atoms with Gasteiger partial charge < -0.3 is 9.30 Å². The van der Waals surface area contributed by atoms with Crippen LogP contribution in [0, 0.1) is 13.8 Å². The van der Waals surface area contributed by atoms with Crippen LogP contribution in [0.4, 0.5) is 0 Å². The van der Waals surface area contributed by atoms with Gasteiger partial charge in [0.1, 0.15) is 5.75 Å². The fraction of sp³-hybridized carbons (Fsp3) is 0.217. The minimum atomic E-state index is -0.260. The topological polar surface area (TPSA) is 55.6 Å². The molecular weight excluding hydrogens is 350 g/mol. The van der Waals surface area contributed by atoms with Crippen LogP contribution >= 0.6 is 0 Å². The summed E-state index contributed by atoms with van der Waals surface area (Å²) < 4.78 is 7.33. The van der Waals surface area contributed by atoms with E-state index in [1.54, 1.807) is 37.6 Å². The quantitative estimate of drug-likeness (QED) is 0.512. The highest BCUT2D eigenvalue weighted by atomic mass is 16.5. The van der Waals surface area contributed by atoms with Gasteiger partial charge in [0.05, 0.1) is 13.3 Å². The number of aryl methyl sites for hydroxylation is 2. The van der Waals surface area contributed by atoms with Crippen molar-refractivity contribution in [3.8, 4) is 11.4 Å². The number of aromatic nitrogens is 1. The SMILES string of the molecule is CCc1ccccc1-n1c(C)cc(/C=N\NC(=O)c2ccc(OC)cc2)c1C. The fourth-order valence-corrected chi connectivity index (χ4v) is 3.28. The van der Waals surface area contributed by atoms with E-state index in [-0.39, 0.29) is 5.91 Å². The molecule has 0 aliphatic rings. The van der Waals surface area contributed by atoms with Gasteiger partial charge in [0.25, 0.3) is 5.91 Å². The Hall–Kier alpha value is -3.34. The molecule has 1 N–H and O–H groups in total. The average molecular weight is 375 g/mol. The molecule has 0 saturated carbocycles. The van der Waals surface area contributed by atoms with E-state index in [2.05, 4.69) is 66.2 Å². The van der Waals surface area contributed by atoms with Crippen LogP contribution in [-0.4, -0.2) is 23.8 Å². The first-order valence-electron chi connectivity index (χ1n) is 9.29. The lowest BCUT2D eigenvalue weighted by molar-refractivity contribution is 0.0955. The standard InChI is InChI=1S/C23H25N3O2/c1-5-18-8-6-7-9-22(18)26-16(2)14-20(17(26)3)15-24-25-23(27)19-10-12-21(28-4)13-11-19/h6-15H,5H2,1-4H3,(H,25,27)/b24-15-. The normalized spacial score (nSPS) is 11.0. The lowest BCUT2D eigenvalue weighted by Gasteiger charge is -2.13. The lowest BCUT2D eigenvalue weighted by Crippen LogP contribution is -2.17. The number of para-hydroxylation sites is 1. The Morgan fingerprint density at radius 2 is 1.86 bits per heavy atom. The maximum Gasteiger partial charge on any atom is 0.271 e. The van der Waals surface area contributed by atoms with Crippen molar-refractivity contribution in [2.24, 2.45) is 5.10 Å². The summed E-state index contributed by atoms with van der Waals surface area (Å²) in [6, 6.07) is 17.4. The summed E-state index contributed by atoms with van der Waals surface area (Å²) in [7, 11) is 1.59. The monoisotopic (exact) mass is 375 g/mol. The number of hydrazone groups is 1. The van der Waals surface area contributed by atoms with Crippen LogP contribution in [0.3, 0.4) is 0 Å². The number of ether oxygens (including phenoxy) is 1. The van der Waals surface area contributed by atoms with E-state index in [0.717, 1.165) is 23.4 Å². The van der Waals surface area contributed by atoms with Gasteiger partial charge in [0.15, 0.2) is 0 Å². The third-order valence-corrected chi connectivity index (χ3v) is 4.81. The van der Waals surface area contributed by atoms with Crippen molar-refractivity contribution in [1.29, 1.82) is 0 Å². The number of methoxy groups -OCH3 is 1. The molecule has 0 bridgehead atoms. The molecule has 3 aromatic rings. The lowest BCUT2D eigenvalue weighted by atomic mass is 10.1. The second-order valence-corrected chi connectivity index (χ2v) is 6.57. The molecule has 1 aromatic heterocycles. The summed E-state index contributed by atoms with van der Waals surface area (Å²) in [6.07, 6.45) is 2.66. The zero-order valence-corrected chi connectivity index (χ0v) is 16.7. The number of nitrogens with zero attached hydrogens (tertiary/aromatic N) is 2. The average Bonchev–Trinajstić information content (AvgIpc) is 3.01. The Kier molecular flexibility index (Phi) is 5.94. The molecule has 144 valence electrons. The molecule has 0 fully saturated rings. The summed E-state index contributed by atoms with van der Waals surface area (Å²) in [6.45, 7) is 6.29. The molecule has 0 aliphatic carbocycles. The molecule has 0 saturated heterocycles. The van der Waals surface area contributed by atoms with E-state index < -0.39 is 0 Å². The maximum absolute atomic E-state index is 12.2. The summed E-state index contributed by atoms with van der Waals surface area (Å²) in [4.78, 5) is 12.2. The van der Waals surface area contributed by atoms with E-state index in [1.165, 1.54) is 11.3 Å². The predicted octanol–water partition coefficient (Wildman–Crippen LogP) is 4.43. The van der Waals surface area contributed by atoms with E-state index in [1.807, 2.05) is 0 Å². The van der Waals surface area contributed by atoms with Gasteiger partial charge in [-0.05, 0) is 62.2 Å². The molecule has 28 heavy (non-hydrogen) atoms. The molecule has 5 nitrogen and oxygen atoms in total. The Morgan fingerprint density at radius 3 is 2.54 bits per heavy atom. The van der Waals surface area contributed by atoms with Gasteiger partial charge in [0, 0.05) is 28.2 Å². The van der Waals surface area contributed by atoms with Crippen LogP contribution in [0.2, 0.25) is 0 Å². The molecule has 0 radical (unpaired) electrons. The Balaban J connectivity index is 1.78. The molecule has 3 rings (SSSR count). The molecule has 5 heteroatoms. The van der Waals surface area contributed by atoms with Gasteiger partial charge in [-0.15, -0.1) is 0 Å². The van der Waals surface area contributed by atoms with E-state index >= 15 is 0 Å². The van der Waals surface area contributed by atoms with Crippen molar-refractivity contribution in [2.75, 3.05) is 7.11 Å². The van der Waals surface area contributed by atoms with Crippen molar-refractivity contribution < 1.29 is 9.53 Å². The van der Waals surface area contributed by atoms with Crippen LogP contribution in [0.5, 0.6) is 5.75 Å². The number of nitrogens with one attached hydrogen (secondary N) is 1. The van der Waals surface area contributed by atoms with Gasteiger partial charge in [0.2, 0.25) is 0 Å². The second-order valence-electron chi connectivity index (χ2n) is 6.57. The highest BCUT2D eigenvalue weighted by molar-refractivity contribution is 5.95. The zero-order chi connectivity index (χ0) is 20.1. The third kappa shape index (κ3) is 3.98. The molecule has 1 amide bonds. The smallest absolute Gasteiger partial charge is 0.271 e. The maximum atomic E-state index is 12.2. The number of benzene rings is 2. The Labute approximate surface area is 165 Å². The van der Waals surface area contributed by atoms with Crippen molar-refractivity contribution >= 4 is 12.1 Å². The zero-order valence-electron chi connectivity index (χ0n) is 16.7. The summed E-state index contributed by atoms with van der Waals surface area (Å²) in [5.74, 6) is 0.448. The highest BCUT2D eigenvalue weighted by Crippen LogP contribution is 2.23. The van der Waals surface area contributed by atoms with Crippen molar-refractivity contribution in [3.05, 3.63) is 82.7 Å². The van der Waals surface area contributed by atoms with Crippen molar-refractivity contribution in [2.45, 2.75) is 27.2 Å². The molecule has 0 unspecified atom stereocenters. The minimum Gasteiger partial charge on any atom is -0.497 e. The van der Waals surface area contributed by atoms with Crippen LogP contribution in [0.25, 0.3) is 5.69 Å². The van der Waals surface area contributed by atoms with Gasteiger partial charge in [-0.3, -0.25) is 4.79 Å². The number of amides is 1. The molecule has 2 aromatic carbocycles. The second kappa shape index (κ2) is 8.57. The van der Waals surface area contributed by atoms with Crippen molar-refractivity contribution in [1.82, 2.24) is 9.99 Å². The van der Waals surface area contributed by atoms with Gasteiger partial charge >= 0.3 is 0 Å². The molecule has 1 heterocycles. The van der Waals surface area contributed by atoms with Gasteiger partial charge in [-0.2, -0.15) is 5.10 Å². The van der Waals surface area contributed by atoms with Gasteiger partial charge in [-0.1, -0.05) is 25.1 Å². The first kappa shape index (κ1) is 19.4. The van der Waals surface area contributed by atoms with Crippen LogP contribution in [0.1, 0.15) is 39.8 Å². The first-order valence-corrected chi connectivity index (χ1v) is 9.29. The van der Waals surface area contributed by atoms with Crippen LogP contribution in [0.15, 0.2) is 59.7 Å². The molecule has 0 spiro atoms. The van der Waals surface area contributed by atoms with Gasteiger partial charge in [-0.25, -0.2) is 5.43 Å². The summed E-state index contributed by atoms with van der Waals surface area (Å²) >= 11 is 0. The van der Waals surface area contributed by atoms with Crippen molar-refractivity contribution in [3.63, 3.8) is 0 Å². The summed E-state index contributed by atoms with van der Waals surface area (Å²) in [5, 5.41) is 4.14. The number of carbonyl (C=O) groups is 1. The Bertz CT molecular complexity index is 1000. The number of carbonyl (C=O) groups excluding carboxylic acids is 1. The molecule has 0 aliphatic heterocycles. The summed E-state index contributed by atoms with van der Waals surface area (Å²) in [5.41, 5.74) is 8.77. The van der Waals surface area contributed by atoms with E-state index in [4.69, 9.17) is 4.74 Å². The fourth-order valence-electron chi connectivity index (χ4n) is 3.28. The van der Waals surface area contributed by atoms with E-state index in [0.29, 0.717) is 11.3 Å². The molecule has 0 atom stereocenters. The van der Waals surface area contributed by atoms with Crippen LogP contribution in [-0.2, 0) is 6.42 Å². The first-order chi connectivity index (χ1) is 13.5. The largest absolute Gasteiger partial charge is 0.497 e. The highest BCUT2D eigenvalue weighted by Gasteiger charge is 2.12. The van der Waals surface area contributed by atoms with E-state index in [9.17, 15) is 4.79 Å². The Morgan fingerprint density at radius 1 is 1.14 bits per heavy atom. The number of hydrogen-bond acceptors (Lipinski definition) is 3. The third-order valence-electron chi connectivity index (χ3n) is 4.81.